The summed E-state index contributed by atoms with van der Waals surface area (Å²) in [5.41, 5.74) is 6.33. The van der Waals surface area contributed by atoms with Gasteiger partial charge in [-0.1, -0.05) is 30.4 Å². The maximum Gasteiger partial charge on any atom is 0.459 e. The fourth-order valence-corrected chi connectivity index (χ4v) is 5.16. The molecular weight excluding hydrogens is 463 g/mol. The smallest absolute Gasteiger partial charge is 0.459 e. The number of esters is 1. The summed E-state index contributed by atoms with van der Waals surface area (Å²) >= 11 is 0. The van der Waals surface area contributed by atoms with E-state index in [1.165, 1.54) is 14.0 Å². The van der Waals surface area contributed by atoms with Crippen molar-refractivity contribution in [3.63, 3.8) is 0 Å². The van der Waals surface area contributed by atoms with Crippen LogP contribution in [0.15, 0.2) is 48.8 Å². The van der Waals surface area contributed by atoms with Crippen LogP contribution in [0.25, 0.3) is 11.2 Å². The Labute approximate surface area is 195 Å². The summed E-state index contributed by atoms with van der Waals surface area (Å²) in [6, 6.07) is 7.49. The second-order valence-electron chi connectivity index (χ2n) is 7.75. The summed E-state index contributed by atoms with van der Waals surface area (Å²) in [5.74, 6) is -0.723. The van der Waals surface area contributed by atoms with Crippen LogP contribution in [-0.2, 0) is 18.6 Å². The molecule has 2 heterocycles. The molecule has 1 unspecified atom stereocenters. The number of hydrogen-bond donors (Lipinski definition) is 3. The zero-order valence-corrected chi connectivity index (χ0v) is 19.5. The Morgan fingerprint density at radius 2 is 2.09 bits per heavy atom. The maximum absolute atomic E-state index is 13.5. The summed E-state index contributed by atoms with van der Waals surface area (Å²) in [6.07, 6.45) is 6.02. The molecule has 13 heteroatoms. The Morgan fingerprint density at radius 1 is 1.32 bits per heavy atom. The Balaban J connectivity index is 1.45. The van der Waals surface area contributed by atoms with Crippen LogP contribution in [0.2, 0.25) is 0 Å². The highest BCUT2D eigenvalue weighted by molar-refractivity contribution is 7.52. The number of benzene rings is 1. The van der Waals surface area contributed by atoms with Crippen LogP contribution in [0.1, 0.15) is 19.4 Å². The number of nitrogens with two attached hydrogens (primary N) is 1. The van der Waals surface area contributed by atoms with Crippen LogP contribution in [0.5, 0.6) is 11.6 Å². The lowest BCUT2D eigenvalue weighted by atomic mass is 10.1. The van der Waals surface area contributed by atoms with Crippen molar-refractivity contribution < 1.29 is 28.3 Å². The van der Waals surface area contributed by atoms with Gasteiger partial charge < -0.3 is 24.7 Å². The van der Waals surface area contributed by atoms with E-state index in [1.54, 1.807) is 41.2 Å². The molecule has 0 amide bonds. The quantitative estimate of drug-likeness (QED) is 0.230. The van der Waals surface area contributed by atoms with Gasteiger partial charge in [0.1, 0.15) is 11.8 Å². The molecule has 2 aromatic heterocycles. The van der Waals surface area contributed by atoms with E-state index in [0.29, 0.717) is 17.8 Å². The highest BCUT2D eigenvalue weighted by Crippen LogP contribution is 2.46. The average Bonchev–Trinajstić information content (AvgIpc) is 3.44. The van der Waals surface area contributed by atoms with Gasteiger partial charge in [-0.2, -0.15) is 15.1 Å². The number of methoxy groups -OCH3 is 1. The first-order chi connectivity index (χ1) is 16.3. The van der Waals surface area contributed by atoms with Crippen molar-refractivity contribution in [1.29, 1.82) is 0 Å². The number of carbonyl (C=O) groups excluding carboxylic acids is 1. The standard InChI is InChI=1S/C21H25N6O6P/c1-13(20(29)31-2)26-34(30,33-16-6-4-3-5-7-16)32-11-14-8-9-15(10-14)27-12-23-17-18(27)24-21(22)25-19(17)28/h3-9,12-15H,10-11H2,1-2H3,(H,26,30)(H3,22,24,25,28)/t13-,14+,15-,34?/m0/s1. The van der Waals surface area contributed by atoms with Crippen LogP contribution in [0.4, 0.5) is 5.95 Å². The highest BCUT2D eigenvalue weighted by atomic mass is 31.2. The van der Waals surface area contributed by atoms with Crippen molar-refractivity contribution >= 4 is 30.8 Å². The summed E-state index contributed by atoms with van der Waals surface area (Å²) in [7, 11) is -2.68. The SMILES string of the molecule is COC(=O)[C@H](C)NP(=O)(OC[C@@H]1C=C[C@H](n2cnc3c(O)nc(N)nc32)C1)Oc1ccccc1. The first-order valence-corrected chi connectivity index (χ1v) is 12.0. The number of rotatable bonds is 9. The third-order valence-corrected chi connectivity index (χ3v) is 6.90. The minimum atomic E-state index is -3.92. The summed E-state index contributed by atoms with van der Waals surface area (Å²) < 4.78 is 31.3. The number of aromatic hydroxyl groups is 1. The number of aromatic nitrogens is 4. The molecule has 0 aliphatic heterocycles. The van der Waals surface area contributed by atoms with Gasteiger partial charge in [-0.15, -0.1) is 0 Å². The topological polar surface area (TPSA) is 164 Å². The normalized spacial score (nSPS) is 20.2. The summed E-state index contributed by atoms with van der Waals surface area (Å²) in [4.78, 5) is 23.9. The molecule has 4 N–H and O–H groups in total. The van der Waals surface area contributed by atoms with Gasteiger partial charge in [0.15, 0.2) is 11.2 Å². The number of nitrogens with zero attached hydrogens (tertiary/aromatic N) is 4. The Bertz CT molecular complexity index is 1250. The first kappa shape index (κ1) is 23.7. The second kappa shape index (κ2) is 9.80. The van der Waals surface area contributed by atoms with Gasteiger partial charge >= 0.3 is 13.7 Å². The zero-order valence-electron chi connectivity index (χ0n) is 18.6. The molecule has 0 bridgehead atoms. The summed E-state index contributed by atoms with van der Waals surface area (Å²) in [5, 5.41) is 12.6. The number of fused-ring (bicyclic) bond motifs is 1. The number of nitrogens with one attached hydrogen (secondary N) is 1. The zero-order chi connectivity index (χ0) is 24.3. The second-order valence-corrected chi connectivity index (χ2v) is 9.44. The van der Waals surface area contributed by atoms with Crippen molar-refractivity contribution in [3.05, 3.63) is 48.8 Å². The van der Waals surface area contributed by atoms with E-state index in [0.717, 1.165) is 0 Å². The lowest BCUT2D eigenvalue weighted by molar-refractivity contribution is -0.142. The molecule has 1 aromatic carbocycles. The van der Waals surface area contributed by atoms with Crippen LogP contribution in [0.3, 0.4) is 0 Å². The molecule has 0 saturated heterocycles. The molecule has 34 heavy (non-hydrogen) atoms. The van der Waals surface area contributed by atoms with E-state index < -0.39 is 19.8 Å². The number of imidazole rings is 1. The molecule has 1 aliphatic carbocycles. The molecule has 1 aliphatic rings. The largest absolute Gasteiger partial charge is 0.492 e. The van der Waals surface area contributed by atoms with Gasteiger partial charge in [0.2, 0.25) is 11.8 Å². The molecule has 3 aromatic rings. The molecule has 12 nitrogen and oxygen atoms in total. The number of nitrogen functional groups attached to an aromatic ring is 1. The number of carbonyl (C=O) groups is 1. The van der Waals surface area contributed by atoms with Gasteiger partial charge in [-0.3, -0.25) is 9.32 Å². The minimum Gasteiger partial charge on any atom is -0.492 e. The van der Waals surface area contributed by atoms with Crippen LogP contribution in [-0.4, -0.2) is 50.4 Å². The molecule has 4 rings (SSSR count). The number of allylic oxidation sites excluding steroid dienone is 1. The average molecular weight is 488 g/mol. The fourth-order valence-electron chi connectivity index (χ4n) is 3.61. The van der Waals surface area contributed by atoms with Crippen molar-refractivity contribution in [2.24, 2.45) is 5.92 Å². The van der Waals surface area contributed by atoms with E-state index in [2.05, 4.69) is 20.0 Å². The molecule has 0 radical (unpaired) electrons. The van der Waals surface area contributed by atoms with Crippen LogP contribution < -0.4 is 15.3 Å². The Kier molecular flexibility index (Phi) is 6.82. The van der Waals surface area contributed by atoms with E-state index in [1.807, 2.05) is 12.2 Å². The molecule has 0 spiro atoms. The van der Waals surface area contributed by atoms with Crippen LogP contribution in [0, 0.1) is 5.92 Å². The predicted octanol–water partition coefficient (Wildman–Crippen LogP) is 2.59. The molecule has 0 saturated carbocycles. The molecule has 4 atom stereocenters. The monoisotopic (exact) mass is 488 g/mol. The summed E-state index contributed by atoms with van der Waals surface area (Å²) in [6.45, 7) is 1.57. The number of para-hydroxylation sites is 1. The number of hydrogen-bond acceptors (Lipinski definition) is 10. The van der Waals surface area contributed by atoms with Gasteiger partial charge in [0.25, 0.3) is 0 Å². The van der Waals surface area contributed by atoms with E-state index in [9.17, 15) is 14.5 Å². The third-order valence-electron chi connectivity index (χ3n) is 5.26. The Hall–Kier alpha value is -3.47. The molecule has 0 fully saturated rings. The number of ether oxygens (including phenoxy) is 1. The Morgan fingerprint density at radius 3 is 2.82 bits per heavy atom. The van der Waals surface area contributed by atoms with Crippen molar-refractivity contribution in [2.75, 3.05) is 19.5 Å². The van der Waals surface area contributed by atoms with Gasteiger partial charge in [-0.25, -0.2) is 9.55 Å². The maximum atomic E-state index is 13.5. The van der Waals surface area contributed by atoms with E-state index >= 15 is 0 Å². The van der Waals surface area contributed by atoms with Crippen molar-refractivity contribution in [1.82, 2.24) is 24.6 Å². The number of anilines is 1. The van der Waals surface area contributed by atoms with Gasteiger partial charge in [-0.05, 0) is 25.5 Å². The van der Waals surface area contributed by atoms with E-state index in [4.69, 9.17) is 19.5 Å². The fraction of sp³-hybridized carbons (Fsp3) is 0.333. The van der Waals surface area contributed by atoms with Gasteiger partial charge in [0, 0.05) is 5.92 Å². The van der Waals surface area contributed by atoms with Crippen molar-refractivity contribution in [2.45, 2.75) is 25.4 Å². The van der Waals surface area contributed by atoms with Gasteiger partial charge in [0.05, 0.1) is 26.1 Å². The van der Waals surface area contributed by atoms with Crippen molar-refractivity contribution in [3.8, 4) is 11.6 Å². The lowest BCUT2D eigenvalue weighted by Gasteiger charge is -2.23. The molecule has 180 valence electrons. The molecular formula is C21H25N6O6P. The first-order valence-electron chi connectivity index (χ1n) is 10.5. The lowest BCUT2D eigenvalue weighted by Crippen LogP contribution is -2.34. The third kappa shape index (κ3) is 5.19. The minimum absolute atomic E-state index is 0.0570. The van der Waals surface area contributed by atoms with Crippen LogP contribution >= 0.6 is 7.75 Å². The predicted molar refractivity (Wildman–Crippen MR) is 123 cm³/mol. The van der Waals surface area contributed by atoms with E-state index in [-0.39, 0.29) is 35.9 Å². The highest BCUT2D eigenvalue weighted by Gasteiger charge is 2.34.